The summed E-state index contributed by atoms with van der Waals surface area (Å²) >= 11 is 0. The van der Waals surface area contributed by atoms with Crippen LogP contribution in [-0.2, 0) is 9.53 Å². The van der Waals surface area contributed by atoms with E-state index in [0.29, 0.717) is 6.04 Å². The number of carbonyl (C=O) groups excluding carboxylic acids is 1. The zero-order valence-corrected chi connectivity index (χ0v) is 10.7. The number of carbonyl (C=O) groups is 1. The first kappa shape index (κ1) is 13.5. The van der Waals surface area contributed by atoms with Gasteiger partial charge < -0.3 is 15.0 Å². The summed E-state index contributed by atoms with van der Waals surface area (Å²) in [6.45, 7) is 3.93. The molecule has 16 heavy (non-hydrogen) atoms. The van der Waals surface area contributed by atoms with Crippen LogP contribution >= 0.6 is 0 Å². The van der Waals surface area contributed by atoms with Gasteiger partial charge in [-0.15, -0.1) is 0 Å². The number of hydrogen-bond acceptors (Lipinski definition) is 4. The molecule has 0 spiro atoms. The molecule has 0 radical (unpaired) electrons. The molecule has 1 aliphatic heterocycles. The highest BCUT2D eigenvalue weighted by Gasteiger charge is 2.19. The van der Waals surface area contributed by atoms with Crippen LogP contribution in [0, 0.1) is 0 Å². The standard InChI is InChI=1S/C12H24N2O2/c1-10(12(15)16-3)13-8-7-11-6-4-5-9-14(11)2/h10-11,13H,4-9H2,1-3H3. The Bertz CT molecular complexity index is 221. The summed E-state index contributed by atoms with van der Waals surface area (Å²) in [7, 11) is 3.61. The summed E-state index contributed by atoms with van der Waals surface area (Å²) in [5.74, 6) is -0.183. The van der Waals surface area contributed by atoms with Gasteiger partial charge in [0.25, 0.3) is 0 Å². The van der Waals surface area contributed by atoms with Crippen molar-refractivity contribution in [3.05, 3.63) is 0 Å². The molecular formula is C12H24N2O2. The maximum absolute atomic E-state index is 11.2. The lowest BCUT2D eigenvalue weighted by molar-refractivity contribution is -0.142. The Morgan fingerprint density at radius 3 is 2.94 bits per heavy atom. The topological polar surface area (TPSA) is 41.6 Å². The van der Waals surface area contributed by atoms with Crippen LogP contribution in [-0.4, -0.2) is 50.2 Å². The molecule has 0 aromatic heterocycles. The van der Waals surface area contributed by atoms with Crippen molar-refractivity contribution in [3.8, 4) is 0 Å². The number of esters is 1. The molecule has 0 aromatic carbocycles. The van der Waals surface area contributed by atoms with Gasteiger partial charge in [-0.1, -0.05) is 6.42 Å². The van der Waals surface area contributed by atoms with Gasteiger partial charge in [0.2, 0.25) is 0 Å². The quantitative estimate of drug-likeness (QED) is 0.713. The fourth-order valence-corrected chi connectivity index (χ4v) is 2.24. The first-order chi connectivity index (χ1) is 7.65. The van der Waals surface area contributed by atoms with Gasteiger partial charge in [-0.25, -0.2) is 0 Å². The molecule has 4 nitrogen and oxygen atoms in total. The number of methoxy groups -OCH3 is 1. The molecule has 4 heteroatoms. The average molecular weight is 228 g/mol. The van der Waals surface area contributed by atoms with Gasteiger partial charge in [-0.2, -0.15) is 0 Å². The van der Waals surface area contributed by atoms with Crippen LogP contribution in [0.4, 0.5) is 0 Å². The third-order valence-corrected chi connectivity index (χ3v) is 3.40. The SMILES string of the molecule is COC(=O)C(C)NCCC1CCCCN1C. The van der Waals surface area contributed by atoms with E-state index in [9.17, 15) is 4.79 Å². The second kappa shape index (κ2) is 6.86. The van der Waals surface area contributed by atoms with Crippen molar-refractivity contribution >= 4 is 5.97 Å². The number of piperidine rings is 1. The van der Waals surface area contributed by atoms with Gasteiger partial charge in [-0.05, 0) is 46.3 Å². The molecule has 0 saturated carbocycles. The van der Waals surface area contributed by atoms with Gasteiger partial charge in [0.05, 0.1) is 7.11 Å². The Morgan fingerprint density at radius 2 is 2.31 bits per heavy atom. The summed E-state index contributed by atoms with van der Waals surface area (Å²) in [5.41, 5.74) is 0. The number of nitrogens with zero attached hydrogens (tertiary/aromatic N) is 1. The third kappa shape index (κ3) is 4.10. The van der Waals surface area contributed by atoms with Crippen LogP contribution in [0.5, 0.6) is 0 Å². The fourth-order valence-electron chi connectivity index (χ4n) is 2.24. The smallest absolute Gasteiger partial charge is 0.322 e. The van der Waals surface area contributed by atoms with E-state index in [2.05, 4.69) is 22.0 Å². The number of ether oxygens (including phenoxy) is 1. The lowest BCUT2D eigenvalue weighted by atomic mass is 10.00. The van der Waals surface area contributed by atoms with Crippen LogP contribution in [0.1, 0.15) is 32.6 Å². The highest BCUT2D eigenvalue weighted by Crippen LogP contribution is 2.17. The minimum absolute atomic E-state index is 0.183. The van der Waals surface area contributed by atoms with Crippen molar-refractivity contribution in [2.24, 2.45) is 0 Å². The first-order valence-electron chi connectivity index (χ1n) is 6.16. The molecular weight excluding hydrogens is 204 g/mol. The second-order valence-corrected chi connectivity index (χ2v) is 4.62. The second-order valence-electron chi connectivity index (χ2n) is 4.62. The molecule has 94 valence electrons. The van der Waals surface area contributed by atoms with E-state index in [4.69, 9.17) is 0 Å². The van der Waals surface area contributed by atoms with Crippen molar-refractivity contribution in [2.45, 2.75) is 44.7 Å². The molecule has 0 bridgehead atoms. The Morgan fingerprint density at radius 1 is 1.56 bits per heavy atom. The Labute approximate surface area is 98.3 Å². The van der Waals surface area contributed by atoms with Crippen molar-refractivity contribution in [3.63, 3.8) is 0 Å². The normalized spacial score (nSPS) is 24.1. The number of rotatable bonds is 5. The van der Waals surface area contributed by atoms with E-state index in [1.807, 2.05) is 6.92 Å². The van der Waals surface area contributed by atoms with Crippen LogP contribution in [0.3, 0.4) is 0 Å². The van der Waals surface area contributed by atoms with E-state index in [1.54, 1.807) is 0 Å². The maximum Gasteiger partial charge on any atom is 0.322 e. The van der Waals surface area contributed by atoms with Gasteiger partial charge in [-0.3, -0.25) is 4.79 Å². The molecule has 1 saturated heterocycles. The maximum atomic E-state index is 11.2. The van der Waals surface area contributed by atoms with Crippen molar-refractivity contribution in [1.29, 1.82) is 0 Å². The van der Waals surface area contributed by atoms with Crippen LogP contribution < -0.4 is 5.32 Å². The van der Waals surface area contributed by atoms with Crippen LogP contribution in [0.2, 0.25) is 0 Å². The van der Waals surface area contributed by atoms with E-state index in [-0.39, 0.29) is 12.0 Å². The monoisotopic (exact) mass is 228 g/mol. The van der Waals surface area contributed by atoms with Gasteiger partial charge in [0.1, 0.15) is 6.04 Å². The van der Waals surface area contributed by atoms with Crippen molar-refractivity contribution in [2.75, 3.05) is 27.2 Å². The predicted molar refractivity (Wildman–Crippen MR) is 64.4 cm³/mol. The fraction of sp³-hybridized carbons (Fsp3) is 0.917. The Hall–Kier alpha value is -0.610. The minimum Gasteiger partial charge on any atom is -0.468 e. The van der Waals surface area contributed by atoms with E-state index >= 15 is 0 Å². The number of nitrogens with one attached hydrogen (secondary N) is 1. The zero-order chi connectivity index (χ0) is 12.0. The van der Waals surface area contributed by atoms with E-state index < -0.39 is 0 Å². The lowest BCUT2D eigenvalue weighted by Crippen LogP contribution is -2.41. The molecule has 0 amide bonds. The zero-order valence-electron chi connectivity index (χ0n) is 10.7. The van der Waals surface area contributed by atoms with Crippen molar-refractivity contribution in [1.82, 2.24) is 10.2 Å². The summed E-state index contributed by atoms with van der Waals surface area (Å²) < 4.78 is 4.66. The molecule has 0 aromatic rings. The molecule has 2 unspecified atom stereocenters. The Balaban J connectivity index is 2.16. The average Bonchev–Trinajstić information content (AvgIpc) is 2.30. The predicted octanol–water partition coefficient (Wildman–Crippen LogP) is 1.01. The minimum atomic E-state index is -0.195. The molecule has 0 aliphatic carbocycles. The van der Waals surface area contributed by atoms with Gasteiger partial charge in [0, 0.05) is 6.04 Å². The largest absolute Gasteiger partial charge is 0.468 e. The van der Waals surface area contributed by atoms with Crippen molar-refractivity contribution < 1.29 is 9.53 Å². The first-order valence-corrected chi connectivity index (χ1v) is 6.16. The summed E-state index contributed by atoms with van der Waals surface area (Å²) in [6, 6.07) is 0.477. The molecule has 1 fully saturated rings. The highest BCUT2D eigenvalue weighted by atomic mass is 16.5. The lowest BCUT2D eigenvalue weighted by Gasteiger charge is -2.32. The number of likely N-dealkylation sites (tertiary alicyclic amines) is 1. The third-order valence-electron chi connectivity index (χ3n) is 3.40. The Kier molecular flexibility index (Phi) is 5.77. The van der Waals surface area contributed by atoms with E-state index in [1.165, 1.54) is 32.9 Å². The highest BCUT2D eigenvalue weighted by molar-refractivity contribution is 5.74. The molecule has 1 rings (SSSR count). The molecule has 1 aliphatic rings. The van der Waals surface area contributed by atoms with E-state index in [0.717, 1.165) is 13.0 Å². The molecule has 1 heterocycles. The molecule has 2 atom stereocenters. The van der Waals surface area contributed by atoms with Gasteiger partial charge >= 0.3 is 5.97 Å². The van der Waals surface area contributed by atoms with Crippen LogP contribution in [0.25, 0.3) is 0 Å². The number of hydrogen-bond donors (Lipinski definition) is 1. The summed E-state index contributed by atoms with van der Waals surface area (Å²) in [5, 5.41) is 3.20. The molecule has 1 N–H and O–H groups in total. The van der Waals surface area contributed by atoms with Gasteiger partial charge in [0.15, 0.2) is 0 Å². The summed E-state index contributed by atoms with van der Waals surface area (Å²) in [6.07, 6.45) is 5.04. The van der Waals surface area contributed by atoms with Crippen LogP contribution in [0.15, 0.2) is 0 Å². The summed E-state index contributed by atoms with van der Waals surface area (Å²) in [4.78, 5) is 13.6.